The van der Waals surface area contributed by atoms with Gasteiger partial charge in [-0.15, -0.1) is 10.2 Å². The van der Waals surface area contributed by atoms with E-state index in [1.54, 1.807) is 29.2 Å². The van der Waals surface area contributed by atoms with Crippen LogP contribution >= 0.6 is 11.3 Å². The minimum Gasteiger partial charge on any atom is -0.312 e. The van der Waals surface area contributed by atoms with Crippen LogP contribution in [0.3, 0.4) is 0 Å². The molecule has 1 aliphatic rings. The summed E-state index contributed by atoms with van der Waals surface area (Å²) in [5.41, 5.74) is 2.67. The number of amides is 2. The fourth-order valence-corrected chi connectivity index (χ4v) is 5.82. The molecule has 0 bridgehead atoms. The number of nitrogens with one attached hydrogen (secondary N) is 1. The molecule has 3 aromatic rings. The van der Waals surface area contributed by atoms with Crippen molar-refractivity contribution in [1.29, 1.82) is 0 Å². The molecular weight excluding hydrogens is 460 g/mol. The van der Waals surface area contributed by atoms with Crippen LogP contribution in [0.1, 0.15) is 34.9 Å². The van der Waals surface area contributed by atoms with Gasteiger partial charge < -0.3 is 10.2 Å². The Labute approximate surface area is 196 Å². The molecule has 1 saturated heterocycles. The number of carbonyl (C=O) groups is 2. The number of aromatic nitrogens is 2. The molecule has 2 aromatic carbocycles. The number of nitrogens with zero attached hydrogens (tertiary/aromatic N) is 3. The highest BCUT2D eigenvalue weighted by Gasteiger charge is 2.34. The Kier molecular flexibility index (Phi) is 6.85. The molecule has 10 heteroatoms. The van der Waals surface area contributed by atoms with Gasteiger partial charge in [0.25, 0.3) is 0 Å². The highest BCUT2D eigenvalue weighted by Crippen LogP contribution is 2.34. The number of benzene rings is 2. The van der Waals surface area contributed by atoms with Crippen molar-refractivity contribution < 1.29 is 18.0 Å². The number of anilines is 2. The van der Waals surface area contributed by atoms with Gasteiger partial charge in [0, 0.05) is 31.0 Å². The van der Waals surface area contributed by atoms with Crippen molar-refractivity contribution in [3.63, 3.8) is 0 Å². The lowest BCUT2D eigenvalue weighted by atomic mass is 10.1. The van der Waals surface area contributed by atoms with E-state index in [0.29, 0.717) is 28.7 Å². The van der Waals surface area contributed by atoms with Crippen molar-refractivity contribution in [2.75, 3.05) is 22.5 Å². The van der Waals surface area contributed by atoms with Crippen LogP contribution in [0.5, 0.6) is 0 Å². The molecule has 0 spiro atoms. The Bertz CT molecular complexity index is 1240. The molecule has 0 radical (unpaired) electrons. The number of sulfone groups is 1. The van der Waals surface area contributed by atoms with E-state index in [9.17, 15) is 18.0 Å². The van der Waals surface area contributed by atoms with Gasteiger partial charge >= 0.3 is 0 Å². The van der Waals surface area contributed by atoms with E-state index in [4.69, 9.17) is 0 Å². The Morgan fingerprint density at radius 2 is 1.85 bits per heavy atom. The van der Waals surface area contributed by atoms with E-state index in [0.717, 1.165) is 11.3 Å². The molecule has 0 aliphatic carbocycles. The van der Waals surface area contributed by atoms with Gasteiger partial charge in [-0.25, -0.2) is 8.42 Å². The highest BCUT2D eigenvalue weighted by atomic mass is 32.2. The van der Waals surface area contributed by atoms with Crippen molar-refractivity contribution in [3.8, 4) is 0 Å². The first kappa shape index (κ1) is 23.1. The monoisotopic (exact) mass is 484 g/mol. The highest BCUT2D eigenvalue weighted by molar-refractivity contribution is 7.90. The van der Waals surface area contributed by atoms with Crippen molar-refractivity contribution >= 4 is 43.8 Å². The van der Waals surface area contributed by atoms with Crippen molar-refractivity contribution in [2.24, 2.45) is 0 Å². The fourth-order valence-electron chi connectivity index (χ4n) is 3.63. The molecule has 1 aliphatic heterocycles. The van der Waals surface area contributed by atoms with Crippen LogP contribution in [-0.4, -0.2) is 42.7 Å². The topological polar surface area (TPSA) is 109 Å². The maximum Gasteiger partial charge on any atom is 0.227 e. The molecule has 1 unspecified atom stereocenters. The minimum atomic E-state index is -3.41. The van der Waals surface area contributed by atoms with Gasteiger partial charge in [0.05, 0.1) is 11.5 Å². The first-order valence-corrected chi connectivity index (χ1v) is 13.2. The Morgan fingerprint density at radius 3 is 2.58 bits per heavy atom. The second-order valence-electron chi connectivity index (χ2n) is 8.06. The van der Waals surface area contributed by atoms with E-state index in [2.05, 4.69) is 15.5 Å². The first-order valence-electron chi connectivity index (χ1n) is 10.5. The van der Waals surface area contributed by atoms with Crippen LogP contribution in [0.4, 0.5) is 10.8 Å². The predicted octanol–water partition coefficient (Wildman–Crippen LogP) is 3.31. The summed E-state index contributed by atoms with van der Waals surface area (Å²) in [6.07, 6.45) is 0.168. The molecule has 33 heavy (non-hydrogen) atoms. The summed E-state index contributed by atoms with van der Waals surface area (Å²) in [6.45, 7) is 2.50. The van der Waals surface area contributed by atoms with E-state index >= 15 is 0 Å². The SMILES string of the molecule is Cc1ccc(N2CC(c3nnc(NC(=O)CCS(=O)(=O)Cc4ccccc4)s3)CC2=O)cc1. The second-order valence-corrected chi connectivity index (χ2v) is 11.3. The van der Waals surface area contributed by atoms with Crippen LogP contribution in [-0.2, 0) is 25.2 Å². The molecule has 2 heterocycles. The average molecular weight is 485 g/mol. The molecule has 172 valence electrons. The van der Waals surface area contributed by atoms with Crippen LogP contribution in [0.15, 0.2) is 54.6 Å². The zero-order valence-corrected chi connectivity index (χ0v) is 19.7. The molecule has 0 saturated carbocycles. The van der Waals surface area contributed by atoms with E-state index < -0.39 is 15.7 Å². The van der Waals surface area contributed by atoms with Crippen LogP contribution < -0.4 is 10.2 Å². The summed E-state index contributed by atoms with van der Waals surface area (Å²) in [4.78, 5) is 26.5. The third kappa shape index (κ3) is 6.02. The van der Waals surface area contributed by atoms with Gasteiger partial charge in [0.1, 0.15) is 5.01 Å². The standard InChI is InChI=1S/C23H24N4O4S2/c1-16-7-9-19(10-8-16)27-14-18(13-21(27)29)22-25-26-23(32-22)24-20(28)11-12-33(30,31)15-17-5-3-2-4-6-17/h2-10,18H,11-15H2,1H3,(H,24,26,28). The van der Waals surface area contributed by atoms with E-state index in [1.807, 2.05) is 37.3 Å². The van der Waals surface area contributed by atoms with Crippen molar-refractivity contribution in [1.82, 2.24) is 10.2 Å². The number of hydrogen-bond acceptors (Lipinski definition) is 7. The first-order chi connectivity index (χ1) is 15.8. The van der Waals surface area contributed by atoms with Gasteiger partial charge in [-0.05, 0) is 24.6 Å². The smallest absolute Gasteiger partial charge is 0.227 e. The Morgan fingerprint density at radius 1 is 1.12 bits per heavy atom. The summed E-state index contributed by atoms with van der Waals surface area (Å²) in [5.74, 6) is -0.862. The molecule has 1 fully saturated rings. The molecule has 1 N–H and O–H groups in total. The summed E-state index contributed by atoms with van der Waals surface area (Å²) in [7, 11) is -3.41. The normalized spacial score (nSPS) is 16.2. The molecular formula is C23H24N4O4S2. The van der Waals surface area contributed by atoms with Gasteiger partial charge in [-0.3, -0.25) is 9.59 Å². The predicted molar refractivity (Wildman–Crippen MR) is 128 cm³/mol. The van der Waals surface area contributed by atoms with Gasteiger partial charge in [-0.1, -0.05) is 59.4 Å². The van der Waals surface area contributed by atoms with Gasteiger partial charge in [0.2, 0.25) is 16.9 Å². The molecule has 4 rings (SSSR count). The number of rotatable bonds is 8. The average Bonchev–Trinajstić information content (AvgIpc) is 3.40. The molecule has 2 amide bonds. The van der Waals surface area contributed by atoms with E-state index in [-0.39, 0.29) is 29.8 Å². The molecule has 8 nitrogen and oxygen atoms in total. The van der Waals surface area contributed by atoms with Gasteiger partial charge in [-0.2, -0.15) is 0 Å². The fraction of sp³-hybridized carbons (Fsp3) is 0.304. The van der Waals surface area contributed by atoms with Crippen molar-refractivity contribution in [3.05, 3.63) is 70.7 Å². The lowest BCUT2D eigenvalue weighted by molar-refractivity contribution is -0.117. The van der Waals surface area contributed by atoms with Crippen LogP contribution in [0.25, 0.3) is 0 Å². The number of carbonyl (C=O) groups excluding carboxylic acids is 2. The summed E-state index contributed by atoms with van der Waals surface area (Å²) >= 11 is 1.21. The second kappa shape index (κ2) is 9.80. The Hall–Kier alpha value is -3.11. The number of aryl methyl sites for hydroxylation is 1. The minimum absolute atomic E-state index is 0.0215. The lowest BCUT2D eigenvalue weighted by Gasteiger charge is -2.16. The number of hydrogen-bond donors (Lipinski definition) is 1. The summed E-state index contributed by atoms with van der Waals surface area (Å²) in [6, 6.07) is 16.7. The Balaban J connectivity index is 1.31. The summed E-state index contributed by atoms with van der Waals surface area (Å²) < 4.78 is 24.6. The molecule has 1 atom stereocenters. The maximum absolute atomic E-state index is 12.5. The third-order valence-corrected chi connectivity index (χ3v) is 7.98. The van der Waals surface area contributed by atoms with E-state index in [1.165, 1.54) is 11.3 Å². The maximum atomic E-state index is 12.5. The van der Waals surface area contributed by atoms with Crippen LogP contribution in [0, 0.1) is 6.92 Å². The van der Waals surface area contributed by atoms with Crippen molar-refractivity contribution in [2.45, 2.75) is 31.4 Å². The zero-order valence-electron chi connectivity index (χ0n) is 18.1. The van der Waals surface area contributed by atoms with Gasteiger partial charge in [0.15, 0.2) is 9.84 Å². The zero-order chi connectivity index (χ0) is 23.4. The largest absolute Gasteiger partial charge is 0.312 e. The quantitative estimate of drug-likeness (QED) is 0.525. The lowest BCUT2D eigenvalue weighted by Crippen LogP contribution is -2.24. The van der Waals surface area contributed by atoms with Crippen LogP contribution in [0.2, 0.25) is 0 Å². The third-order valence-electron chi connectivity index (χ3n) is 5.38. The molecule has 1 aromatic heterocycles. The summed E-state index contributed by atoms with van der Waals surface area (Å²) in [5, 5.41) is 11.8.